The van der Waals surface area contributed by atoms with E-state index in [0.29, 0.717) is 12.5 Å². The first kappa shape index (κ1) is 18.2. The fourth-order valence-electron chi connectivity index (χ4n) is 2.39. The van der Waals surface area contributed by atoms with Gasteiger partial charge in [-0.2, -0.15) is 5.10 Å². The molecule has 1 aliphatic rings. The summed E-state index contributed by atoms with van der Waals surface area (Å²) in [4.78, 5) is 6.82. The summed E-state index contributed by atoms with van der Waals surface area (Å²) in [5.41, 5.74) is 0. The largest absolute Gasteiger partial charge is 0.391 e. The SMILES string of the molecule is CCNC(=NCC(C)Cn1cccn1)N1CC[C@@H](O)C1.I. The van der Waals surface area contributed by atoms with E-state index in [2.05, 4.69) is 34.2 Å². The van der Waals surface area contributed by atoms with Crippen LogP contribution in [0.3, 0.4) is 0 Å². The Morgan fingerprint density at radius 2 is 2.38 bits per heavy atom. The Balaban J connectivity index is 0.00000220. The van der Waals surface area contributed by atoms with E-state index in [1.165, 1.54) is 0 Å². The monoisotopic (exact) mass is 407 g/mol. The van der Waals surface area contributed by atoms with Crippen LogP contribution in [0.5, 0.6) is 0 Å². The fourth-order valence-corrected chi connectivity index (χ4v) is 2.39. The highest BCUT2D eigenvalue weighted by Gasteiger charge is 2.22. The molecule has 0 amide bonds. The molecular formula is C14H26IN5O. The zero-order chi connectivity index (χ0) is 14.4. The molecule has 1 saturated heterocycles. The molecule has 2 N–H and O–H groups in total. The van der Waals surface area contributed by atoms with E-state index in [1.54, 1.807) is 6.20 Å². The second kappa shape index (κ2) is 9.24. The van der Waals surface area contributed by atoms with E-state index >= 15 is 0 Å². The average molecular weight is 407 g/mol. The lowest BCUT2D eigenvalue weighted by molar-refractivity contribution is 0.187. The molecule has 120 valence electrons. The van der Waals surface area contributed by atoms with Crippen LogP contribution >= 0.6 is 24.0 Å². The van der Waals surface area contributed by atoms with E-state index < -0.39 is 0 Å². The number of hydrogen-bond donors (Lipinski definition) is 2. The summed E-state index contributed by atoms with van der Waals surface area (Å²) < 4.78 is 1.94. The molecule has 0 aliphatic carbocycles. The van der Waals surface area contributed by atoms with Crippen molar-refractivity contribution in [2.24, 2.45) is 10.9 Å². The number of halogens is 1. The molecule has 6 nitrogen and oxygen atoms in total. The van der Waals surface area contributed by atoms with Crippen LogP contribution in [-0.2, 0) is 6.54 Å². The lowest BCUT2D eigenvalue weighted by Gasteiger charge is -2.21. The normalized spacial score (nSPS) is 20.2. The predicted octanol–water partition coefficient (Wildman–Crippen LogP) is 1.17. The Bertz CT molecular complexity index is 423. The van der Waals surface area contributed by atoms with Crippen LogP contribution in [0.1, 0.15) is 20.3 Å². The highest BCUT2D eigenvalue weighted by Crippen LogP contribution is 2.09. The molecule has 7 heteroatoms. The lowest BCUT2D eigenvalue weighted by atomic mass is 10.2. The molecule has 0 aromatic carbocycles. The molecule has 2 rings (SSSR count). The molecule has 21 heavy (non-hydrogen) atoms. The minimum atomic E-state index is -0.222. The quantitative estimate of drug-likeness (QED) is 0.437. The molecule has 0 spiro atoms. The van der Waals surface area contributed by atoms with Crippen LogP contribution in [-0.4, -0.2) is 58.0 Å². The summed E-state index contributed by atoms with van der Waals surface area (Å²) in [5, 5.41) is 17.1. The number of aromatic nitrogens is 2. The Morgan fingerprint density at radius 1 is 1.57 bits per heavy atom. The van der Waals surface area contributed by atoms with E-state index in [-0.39, 0.29) is 30.1 Å². The highest BCUT2D eigenvalue weighted by atomic mass is 127. The van der Waals surface area contributed by atoms with Crippen molar-refractivity contribution >= 4 is 29.9 Å². The van der Waals surface area contributed by atoms with Crippen LogP contribution in [0.2, 0.25) is 0 Å². The maximum Gasteiger partial charge on any atom is 0.194 e. The Morgan fingerprint density at radius 3 is 2.95 bits per heavy atom. The summed E-state index contributed by atoms with van der Waals surface area (Å²) in [7, 11) is 0. The standard InChI is InChI=1S/C14H25N5O.HI/c1-3-15-14(18-8-5-13(20)11-18)16-9-12(2)10-19-7-4-6-17-19;/h4,6-7,12-13,20H,3,5,8-11H2,1-2H3,(H,15,16);1H/t12?,13-;/m1./s1. The second-order valence-electron chi connectivity index (χ2n) is 5.42. The Kier molecular flexibility index (Phi) is 8.02. The number of aliphatic hydroxyl groups is 1. The Labute approximate surface area is 143 Å². The van der Waals surface area contributed by atoms with Gasteiger partial charge in [-0.3, -0.25) is 9.67 Å². The summed E-state index contributed by atoms with van der Waals surface area (Å²) in [6.45, 7) is 8.27. The lowest BCUT2D eigenvalue weighted by Crippen LogP contribution is -2.40. The summed E-state index contributed by atoms with van der Waals surface area (Å²) >= 11 is 0. The molecule has 1 aromatic heterocycles. The van der Waals surface area contributed by atoms with E-state index in [1.807, 2.05) is 16.9 Å². The van der Waals surface area contributed by atoms with Crippen LogP contribution in [0.25, 0.3) is 0 Å². The number of likely N-dealkylation sites (tertiary alicyclic amines) is 1. The third-order valence-corrected chi connectivity index (χ3v) is 3.41. The minimum absolute atomic E-state index is 0. The molecular weight excluding hydrogens is 381 g/mol. The summed E-state index contributed by atoms with van der Waals surface area (Å²) in [6, 6.07) is 1.94. The molecule has 0 radical (unpaired) electrons. The van der Waals surface area contributed by atoms with Crippen molar-refractivity contribution in [2.75, 3.05) is 26.2 Å². The van der Waals surface area contributed by atoms with Crippen LogP contribution in [0, 0.1) is 5.92 Å². The number of aliphatic hydroxyl groups excluding tert-OH is 1. The number of aliphatic imine (C=N–C) groups is 1. The maximum atomic E-state index is 9.63. The molecule has 2 atom stereocenters. The molecule has 2 heterocycles. The average Bonchev–Trinajstić information content (AvgIpc) is 3.06. The van der Waals surface area contributed by atoms with Gasteiger partial charge in [-0.1, -0.05) is 6.92 Å². The molecule has 0 bridgehead atoms. The van der Waals surface area contributed by atoms with Crippen molar-refractivity contribution in [1.29, 1.82) is 0 Å². The Hall–Kier alpha value is -0.830. The van der Waals surface area contributed by atoms with Gasteiger partial charge in [0.25, 0.3) is 0 Å². The van der Waals surface area contributed by atoms with E-state index in [9.17, 15) is 5.11 Å². The molecule has 1 fully saturated rings. The maximum absolute atomic E-state index is 9.63. The number of guanidine groups is 1. The first-order chi connectivity index (χ1) is 9.69. The third-order valence-electron chi connectivity index (χ3n) is 3.41. The van der Waals surface area contributed by atoms with Gasteiger partial charge in [-0.25, -0.2) is 0 Å². The molecule has 0 saturated carbocycles. The topological polar surface area (TPSA) is 65.7 Å². The van der Waals surface area contributed by atoms with Crippen LogP contribution in [0.4, 0.5) is 0 Å². The van der Waals surface area contributed by atoms with Gasteiger partial charge < -0.3 is 15.3 Å². The van der Waals surface area contributed by atoms with Crippen molar-refractivity contribution in [1.82, 2.24) is 20.0 Å². The van der Waals surface area contributed by atoms with Gasteiger partial charge in [0.15, 0.2) is 5.96 Å². The van der Waals surface area contributed by atoms with Gasteiger partial charge in [0.05, 0.1) is 6.10 Å². The fraction of sp³-hybridized carbons (Fsp3) is 0.714. The number of rotatable bonds is 5. The van der Waals surface area contributed by atoms with Gasteiger partial charge in [-0.05, 0) is 25.3 Å². The predicted molar refractivity (Wildman–Crippen MR) is 95.0 cm³/mol. The van der Waals surface area contributed by atoms with Crippen molar-refractivity contribution in [2.45, 2.75) is 32.9 Å². The van der Waals surface area contributed by atoms with Gasteiger partial charge >= 0.3 is 0 Å². The van der Waals surface area contributed by atoms with E-state index in [0.717, 1.165) is 38.6 Å². The van der Waals surface area contributed by atoms with Crippen molar-refractivity contribution in [3.8, 4) is 0 Å². The van der Waals surface area contributed by atoms with E-state index in [4.69, 9.17) is 0 Å². The smallest absolute Gasteiger partial charge is 0.194 e. The highest BCUT2D eigenvalue weighted by molar-refractivity contribution is 14.0. The zero-order valence-electron chi connectivity index (χ0n) is 12.8. The van der Waals surface area contributed by atoms with Crippen molar-refractivity contribution < 1.29 is 5.11 Å². The zero-order valence-corrected chi connectivity index (χ0v) is 15.1. The van der Waals surface area contributed by atoms with Crippen LogP contribution in [0.15, 0.2) is 23.5 Å². The van der Waals surface area contributed by atoms with Crippen LogP contribution < -0.4 is 5.32 Å². The van der Waals surface area contributed by atoms with Crippen molar-refractivity contribution in [3.05, 3.63) is 18.5 Å². The summed E-state index contributed by atoms with van der Waals surface area (Å²) in [6.07, 6.45) is 4.38. The third kappa shape index (κ3) is 5.82. The van der Waals surface area contributed by atoms with Gasteiger partial charge in [0, 0.05) is 45.1 Å². The molecule has 1 aliphatic heterocycles. The van der Waals surface area contributed by atoms with Gasteiger partial charge in [0.2, 0.25) is 0 Å². The number of nitrogens with one attached hydrogen (secondary N) is 1. The second-order valence-corrected chi connectivity index (χ2v) is 5.42. The van der Waals surface area contributed by atoms with Gasteiger partial charge in [0.1, 0.15) is 0 Å². The first-order valence-electron chi connectivity index (χ1n) is 7.37. The number of nitrogens with zero attached hydrogens (tertiary/aromatic N) is 4. The first-order valence-corrected chi connectivity index (χ1v) is 7.37. The van der Waals surface area contributed by atoms with Gasteiger partial charge in [-0.15, -0.1) is 24.0 Å². The molecule has 1 aromatic rings. The summed E-state index contributed by atoms with van der Waals surface area (Å²) in [5.74, 6) is 1.34. The number of hydrogen-bond acceptors (Lipinski definition) is 3. The molecule has 1 unspecified atom stereocenters. The number of β-amino-alcohol motifs (C(OH)–C–C–N with tert-alkyl or cyclic N) is 1. The van der Waals surface area contributed by atoms with Crippen molar-refractivity contribution in [3.63, 3.8) is 0 Å². The minimum Gasteiger partial charge on any atom is -0.391 e.